The molecule has 0 spiro atoms. The second-order valence-electron chi connectivity index (χ2n) is 9.78. The fourth-order valence-corrected chi connectivity index (χ4v) is 5.37. The maximum atomic E-state index is 12.5. The van der Waals surface area contributed by atoms with Gasteiger partial charge in [-0.05, 0) is 77.8 Å². The van der Waals surface area contributed by atoms with Crippen LogP contribution in [0.1, 0.15) is 77.4 Å². The molecule has 0 radical (unpaired) electrons. The molecule has 0 saturated heterocycles. The monoisotopic (exact) mass is 507 g/mol. The summed E-state index contributed by atoms with van der Waals surface area (Å²) in [6, 6.07) is 16.8. The topological polar surface area (TPSA) is 64.6 Å². The van der Waals surface area contributed by atoms with Gasteiger partial charge in [0.05, 0.1) is 18.4 Å². The average molecular weight is 508 g/mol. The first kappa shape index (κ1) is 27.5. The summed E-state index contributed by atoms with van der Waals surface area (Å²) in [7, 11) is 1.34. The van der Waals surface area contributed by atoms with Crippen molar-refractivity contribution in [2.24, 2.45) is 5.92 Å². The number of methoxy groups -OCH3 is 1. The second-order valence-corrected chi connectivity index (χ2v) is 10.9. The maximum Gasteiger partial charge on any atom is 0.307 e. The minimum absolute atomic E-state index is 0.148. The van der Waals surface area contributed by atoms with Gasteiger partial charge in [-0.1, -0.05) is 52.0 Å². The third-order valence-electron chi connectivity index (χ3n) is 6.21. The fraction of sp³-hybridized carbons (Fsp3) is 0.400. The molecule has 0 aliphatic heterocycles. The normalized spacial score (nSPS) is 12.0. The van der Waals surface area contributed by atoms with E-state index in [2.05, 4.69) is 88.0 Å². The van der Waals surface area contributed by atoms with Crippen LogP contribution >= 0.6 is 11.3 Å². The molecule has 2 aromatic carbocycles. The summed E-state index contributed by atoms with van der Waals surface area (Å²) >= 11 is 1.42. The van der Waals surface area contributed by atoms with Gasteiger partial charge in [0, 0.05) is 11.4 Å². The Labute approximate surface area is 218 Å². The second kappa shape index (κ2) is 12.2. The lowest BCUT2D eigenvalue weighted by atomic mass is 9.93. The molecule has 1 heterocycles. The van der Waals surface area contributed by atoms with Crippen LogP contribution in [-0.4, -0.2) is 25.5 Å². The van der Waals surface area contributed by atoms with Gasteiger partial charge in [-0.3, -0.25) is 9.59 Å². The number of thiophene rings is 1. The third kappa shape index (κ3) is 6.76. The minimum atomic E-state index is -0.348. The predicted octanol–water partition coefficient (Wildman–Crippen LogP) is 7.22. The summed E-state index contributed by atoms with van der Waals surface area (Å²) in [6.45, 7) is 13.1. The van der Waals surface area contributed by atoms with Crippen molar-refractivity contribution in [1.29, 1.82) is 0 Å². The summed E-state index contributed by atoms with van der Waals surface area (Å²) in [6.07, 6.45) is -0.0315. The lowest BCUT2D eigenvalue weighted by molar-refractivity contribution is -0.140. The molecule has 0 aliphatic rings. The van der Waals surface area contributed by atoms with Gasteiger partial charge in [0.25, 0.3) is 5.91 Å². The van der Waals surface area contributed by atoms with E-state index in [0.717, 1.165) is 10.6 Å². The number of carbonyl (C=O) groups is 2. The number of ether oxygens (including phenoxy) is 2. The van der Waals surface area contributed by atoms with E-state index < -0.39 is 0 Å². The molecule has 0 bridgehead atoms. The number of hydrogen-bond donors (Lipinski definition) is 1. The highest BCUT2D eigenvalue weighted by Crippen LogP contribution is 2.37. The smallest absolute Gasteiger partial charge is 0.307 e. The largest absolute Gasteiger partial charge is 0.485 e. The van der Waals surface area contributed by atoms with Crippen LogP contribution in [-0.2, 0) is 9.53 Å². The average Bonchev–Trinajstić information content (AvgIpc) is 3.32. The molecule has 3 aromatic rings. The van der Waals surface area contributed by atoms with Gasteiger partial charge in [-0.2, -0.15) is 0 Å². The SMILES string of the molecule is COC(=O)CCNC(=O)c1ccc(C(Oc2cc(C)c(-c3ccc(C(C)C)cc3)c(C)c2)C(C)C)s1. The summed E-state index contributed by atoms with van der Waals surface area (Å²) in [5, 5.41) is 2.77. The van der Waals surface area contributed by atoms with E-state index >= 15 is 0 Å². The van der Waals surface area contributed by atoms with Gasteiger partial charge >= 0.3 is 5.97 Å². The van der Waals surface area contributed by atoms with Crippen molar-refractivity contribution in [2.45, 2.75) is 60.0 Å². The van der Waals surface area contributed by atoms with Gasteiger partial charge in [0.2, 0.25) is 0 Å². The highest BCUT2D eigenvalue weighted by atomic mass is 32.1. The van der Waals surface area contributed by atoms with Gasteiger partial charge in [0.1, 0.15) is 11.9 Å². The van der Waals surface area contributed by atoms with Crippen LogP contribution < -0.4 is 10.1 Å². The Morgan fingerprint density at radius 1 is 0.944 bits per heavy atom. The molecule has 0 saturated carbocycles. The molecule has 1 amide bonds. The minimum Gasteiger partial charge on any atom is -0.485 e. The summed E-state index contributed by atoms with van der Waals surface area (Å²) in [5.74, 6) is 0.997. The Hall–Kier alpha value is -3.12. The fourth-order valence-electron chi connectivity index (χ4n) is 4.25. The van der Waals surface area contributed by atoms with Crippen LogP contribution in [0.4, 0.5) is 0 Å². The highest BCUT2D eigenvalue weighted by Gasteiger charge is 2.22. The number of esters is 1. The van der Waals surface area contributed by atoms with Crippen LogP contribution in [0.15, 0.2) is 48.5 Å². The quantitative estimate of drug-likeness (QED) is 0.294. The first-order valence-electron chi connectivity index (χ1n) is 12.4. The number of amides is 1. The zero-order chi connectivity index (χ0) is 26.4. The molecule has 0 aliphatic carbocycles. The van der Waals surface area contributed by atoms with Gasteiger partial charge in [-0.25, -0.2) is 0 Å². The van der Waals surface area contributed by atoms with Crippen LogP contribution in [0, 0.1) is 19.8 Å². The zero-order valence-corrected chi connectivity index (χ0v) is 23.1. The van der Waals surface area contributed by atoms with Crippen LogP contribution in [0.3, 0.4) is 0 Å². The molecule has 192 valence electrons. The molecular weight excluding hydrogens is 470 g/mol. The number of hydrogen-bond acceptors (Lipinski definition) is 5. The van der Waals surface area contributed by atoms with Gasteiger partial charge in [0.15, 0.2) is 0 Å². The number of carbonyl (C=O) groups excluding carboxylic acids is 2. The molecule has 1 unspecified atom stereocenters. The Morgan fingerprint density at radius 2 is 1.58 bits per heavy atom. The van der Waals surface area contributed by atoms with E-state index in [1.165, 1.54) is 46.3 Å². The molecule has 5 nitrogen and oxygen atoms in total. The number of rotatable bonds is 10. The Morgan fingerprint density at radius 3 is 2.14 bits per heavy atom. The lowest BCUT2D eigenvalue weighted by Gasteiger charge is -2.23. The maximum absolute atomic E-state index is 12.5. The van der Waals surface area contributed by atoms with Crippen molar-refractivity contribution >= 4 is 23.2 Å². The molecule has 1 aromatic heterocycles. The molecule has 1 atom stereocenters. The van der Waals surface area contributed by atoms with Crippen molar-refractivity contribution in [3.8, 4) is 16.9 Å². The lowest BCUT2D eigenvalue weighted by Crippen LogP contribution is -2.25. The van der Waals surface area contributed by atoms with Crippen molar-refractivity contribution in [3.63, 3.8) is 0 Å². The third-order valence-corrected chi connectivity index (χ3v) is 7.36. The van der Waals surface area contributed by atoms with E-state index in [9.17, 15) is 9.59 Å². The van der Waals surface area contributed by atoms with Crippen LogP contribution in [0.25, 0.3) is 11.1 Å². The molecule has 1 N–H and O–H groups in total. The zero-order valence-electron chi connectivity index (χ0n) is 22.3. The van der Waals surface area contributed by atoms with Crippen LogP contribution in [0.5, 0.6) is 5.75 Å². The molecular formula is C30H37NO4S. The first-order valence-corrected chi connectivity index (χ1v) is 13.2. The molecule has 36 heavy (non-hydrogen) atoms. The Balaban J connectivity index is 1.76. The van der Waals surface area contributed by atoms with E-state index in [1.54, 1.807) is 0 Å². The first-order chi connectivity index (χ1) is 17.1. The van der Waals surface area contributed by atoms with E-state index in [0.29, 0.717) is 10.8 Å². The van der Waals surface area contributed by atoms with Crippen LogP contribution in [0.2, 0.25) is 0 Å². The van der Waals surface area contributed by atoms with Crippen molar-refractivity contribution in [1.82, 2.24) is 5.32 Å². The van der Waals surface area contributed by atoms with Gasteiger partial charge in [-0.15, -0.1) is 11.3 Å². The van der Waals surface area contributed by atoms with Crippen molar-refractivity contribution < 1.29 is 19.1 Å². The molecule has 6 heteroatoms. The van der Waals surface area contributed by atoms with E-state index in [4.69, 9.17) is 4.74 Å². The Bertz CT molecular complexity index is 1170. The van der Waals surface area contributed by atoms with E-state index in [1.807, 2.05) is 12.1 Å². The van der Waals surface area contributed by atoms with Gasteiger partial charge < -0.3 is 14.8 Å². The standard InChI is InChI=1S/C30H37NO4S/c1-18(2)22-8-10-23(11-9-22)28-20(5)16-24(17-21(28)6)35-29(19(3)4)25-12-13-26(36-25)30(33)31-15-14-27(32)34-7/h8-13,16-19,29H,14-15H2,1-7H3,(H,31,33). The summed E-state index contributed by atoms with van der Waals surface area (Å²) < 4.78 is 11.1. The van der Waals surface area contributed by atoms with Crippen molar-refractivity contribution in [3.05, 3.63) is 75.0 Å². The summed E-state index contributed by atoms with van der Waals surface area (Å²) in [4.78, 5) is 25.4. The number of nitrogens with one attached hydrogen (secondary N) is 1. The van der Waals surface area contributed by atoms with E-state index in [-0.39, 0.29) is 36.9 Å². The molecule has 3 rings (SSSR count). The predicted molar refractivity (Wildman–Crippen MR) is 147 cm³/mol. The molecule has 0 fully saturated rings. The summed E-state index contributed by atoms with van der Waals surface area (Å²) in [5.41, 5.74) is 6.12. The van der Waals surface area contributed by atoms with Crippen molar-refractivity contribution in [2.75, 3.05) is 13.7 Å². The number of aryl methyl sites for hydroxylation is 2. The highest BCUT2D eigenvalue weighted by molar-refractivity contribution is 7.14. The number of benzene rings is 2. The Kier molecular flexibility index (Phi) is 9.32.